The highest BCUT2D eigenvalue weighted by molar-refractivity contribution is 14.1. The van der Waals surface area contributed by atoms with Crippen molar-refractivity contribution in [2.75, 3.05) is 6.54 Å². The van der Waals surface area contributed by atoms with Crippen LogP contribution >= 0.6 is 56.9 Å². The molecule has 0 unspecified atom stereocenters. The molecule has 29 heavy (non-hydrogen) atoms. The molecule has 0 aromatic heterocycles. The average Bonchev–Trinajstić information content (AvgIpc) is 2.95. The van der Waals surface area contributed by atoms with E-state index in [-0.39, 0.29) is 24.3 Å². The van der Waals surface area contributed by atoms with Crippen molar-refractivity contribution in [2.24, 2.45) is 0 Å². The van der Waals surface area contributed by atoms with Crippen molar-refractivity contribution in [3.05, 3.63) is 77.8 Å². The minimum atomic E-state index is -0.338. The van der Waals surface area contributed by atoms with Gasteiger partial charge in [-0.25, -0.2) is 0 Å². The smallest absolute Gasteiger partial charge is 0.293 e. The van der Waals surface area contributed by atoms with Gasteiger partial charge in [-0.15, -0.1) is 6.58 Å². The second-order valence-electron chi connectivity index (χ2n) is 5.94. The van der Waals surface area contributed by atoms with Crippen molar-refractivity contribution < 1.29 is 14.3 Å². The molecule has 0 N–H and O–H groups in total. The van der Waals surface area contributed by atoms with Crippen molar-refractivity contribution in [1.82, 2.24) is 4.90 Å². The molecule has 0 aliphatic carbocycles. The van der Waals surface area contributed by atoms with Gasteiger partial charge in [0.2, 0.25) is 0 Å². The number of imide groups is 1. The fraction of sp³-hybridized carbons (Fsp3) is 0.0952. The van der Waals surface area contributed by atoms with E-state index < -0.39 is 0 Å². The second-order valence-corrected chi connectivity index (χ2v) is 9.35. The lowest BCUT2D eigenvalue weighted by Gasteiger charge is -2.13. The first-order chi connectivity index (χ1) is 13.9. The lowest BCUT2D eigenvalue weighted by molar-refractivity contribution is -0.122. The quantitative estimate of drug-likeness (QED) is 0.238. The number of hydrogen-bond acceptors (Lipinski definition) is 5. The van der Waals surface area contributed by atoms with E-state index in [4.69, 9.17) is 4.74 Å². The molecular weight excluding hydrogens is 614 g/mol. The van der Waals surface area contributed by atoms with Gasteiger partial charge >= 0.3 is 0 Å². The van der Waals surface area contributed by atoms with Gasteiger partial charge in [-0.3, -0.25) is 14.5 Å². The number of halogens is 2. The molecule has 0 saturated carbocycles. The normalized spacial score (nSPS) is 14.9. The zero-order chi connectivity index (χ0) is 21.0. The van der Waals surface area contributed by atoms with Gasteiger partial charge in [-0.2, -0.15) is 5.26 Å². The van der Waals surface area contributed by atoms with E-state index in [1.54, 1.807) is 12.1 Å². The molecule has 3 rings (SSSR count). The maximum Gasteiger partial charge on any atom is 0.293 e. The molecule has 146 valence electrons. The number of nitriles is 1. The Morgan fingerprint density at radius 3 is 2.72 bits per heavy atom. The molecule has 2 aromatic carbocycles. The Morgan fingerprint density at radius 2 is 2.00 bits per heavy atom. The van der Waals surface area contributed by atoms with E-state index in [2.05, 4.69) is 57.8 Å². The highest BCUT2D eigenvalue weighted by Crippen LogP contribution is 2.36. The van der Waals surface area contributed by atoms with Crippen molar-refractivity contribution in [3.8, 4) is 11.8 Å². The standard InChI is InChI=1S/C21H14I2N2O3S/c1-2-7-25-20(26)18(29-21(25)27)9-15-8-16(22)10-17(23)19(15)28-12-14-6-4-3-5-13(14)11-24/h2-6,8-10H,1,7,12H2. The summed E-state index contributed by atoms with van der Waals surface area (Å²) < 4.78 is 7.91. The van der Waals surface area contributed by atoms with Gasteiger partial charge in [0.1, 0.15) is 12.4 Å². The third kappa shape index (κ3) is 5.02. The minimum absolute atomic E-state index is 0.181. The van der Waals surface area contributed by atoms with E-state index >= 15 is 0 Å². The third-order valence-corrected chi connectivity index (χ3v) is 6.35. The van der Waals surface area contributed by atoms with Crippen molar-refractivity contribution >= 4 is 74.2 Å². The van der Waals surface area contributed by atoms with Crippen LogP contribution < -0.4 is 4.74 Å². The monoisotopic (exact) mass is 628 g/mol. The first-order valence-corrected chi connectivity index (χ1v) is 11.4. The Hall–Kier alpha value is -1.84. The molecule has 2 aromatic rings. The number of amides is 2. The molecular formula is C21H14I2N2O3S. The molecule has 0 radical (unpaired) electrons. The van der Waals surface area contributed by atoms with E-state index in [0.717, 1.165) is 29.4 Å². The minimum Gasteiger partial charge on any atom is -0.487 e. The van der Waals surface area contributed by atoms with Crippen LogP contribution in [0.1, 0.15) is 16.7 Å². The van der Waals surface area contributed by atoms with Crippen LogP contribution in [-0.2, 0) is 11.4 Å². The predicted molar refractivity (Wildman–Crippen MR) is 130 cm³/mol. The van der Waals surface area contributed by atoms with E-state index in [1.165, 1.54) is 6.08 Å². The van der Waals surface area contributed by atoms with Gasteiger partial charge in [-0.1, -0.05) is 24.3 Å². The summed E-state index contributed by atoms with van der Waals surface area (Å²) in [5.41, 5.74) is 2.04. The van der Waals surface area contributed by atoms with Crippen molar-refractivity contribution in [1.29, 1.82) is 5.26 Å². The fourth-order valence-electron chi connectivity index (χ4n) is 2.67. The summed E-state index contributed by atoms with van der Waals surface area (Å²) >= 11 is 5.28. The fourth-order valence-corrected chi connectivity index (χ4v) is 5.56. The average molecular weight is 628 g/mol. The number of benzene rings is 2. The van der Waals surface area contributed by atoms with Crippen LogP contribution in [0.2, 0.25) is 0 Å². The van der Waals surface area contributed by atoms with Crippen molar-refractivity contribution in [2.45, 2.75) is 6.61 Å². The number of carbonyl (C=O) groups excluding carboxylic acids is 2. The number of rotatable bonds is 6. The molecule has 0 bridgehead atoms. The Kier molecular flexibility index (Phi) is 7.37. The van der Waals surface area contributed by atoms with E-state index in [9.17, 15) is 14.9 Å². The van der Waals surface area contributed by atoms with Gasteiger partial charge in [-0.05, 0) is 81.2 Å². The van der Waals surface area contributed by atoms with Gasteiger partial charge in [0.05, 0.1) is 20.1 Å². The Balaban J connectivity index is 1.94. The Labute approximate surface area is 200 Å². The number of thioether (sulfide) groups is 1. The number of ether oxygens (including phenoxy) is 1. The number of nitrogens with zero attached hydrogens (tertiary/aromatic N) is 2. The summed E-state index contributed by atoms with van der Waals surface area (Å²) in [5.74, 6) is 0.267. The van der Waals surface area contributed by atoms with Crippen LogP contribution in [0.4, 0.5) is 4.79 Å². The van der Waals surface area contributed by atoms with Crippen LogP contribution in [0, 0.1) is 18.5 Å². The first kappa shape index (κ1) is 21.9. The maximum absolute atomic E-state index is 12.5. The predicted octanol–water partition coefficient (Wildman–Crippen LogP) is 5.57. The lowest BCUT2D eigenvalue weighted by atomic mass is 10.1. The van der Waals surface area contributed by atoms with Gasteiger partial charge in [0, 0.05) is 21.2 Å². The Bertz CT molecular complexity index is 1080. The Morgan fingerprint density at radius 1 is 1.24 bits per heavy atom. The molecule has 2 amide bonds. The summed E-state index contributed by atoms with van der Waals surface area (Å²) in [7, 11) is 0. The van der Waals surface area contributed by atoms with Crippen LogP contribution in [-0.4, -0.2) is 22.6 Å². The summed E-state index contributed by atoms with van der Waals surface area (Å²) in [6, 6.07) is 13.3. The maximum atomic E-state index is 12.5. The van der Waals surface area contributed by atoms with Crippen LogP contribution in [0.5, 0.6) is 5.75 Å². The zero-order valence-corrected chi connectivity index (χ0v) is 20.2. The molecule has 1 saturated heterocycles. The topological polar surface area (TPSA) is 70.4 Å². The lowest BCUT2D eigenvalue weighted by Crippen LogP contribution is -2.27. The summed E-state index contributed by atoms with van der Waals surface area (Å²) in [6.45, 7) is 3.99. The second kappa shape index (κ2) is 9.77. The highest BCUT2D eigenvalue weighted by Gasteiger charge is 2.34. The third-order valence-electron chi connectivity index (χ3n) is 4.02. The highest BCUT2D eigenvalue weighted by atomic mass is 127. The van der Waals surface area contributed by atoms with Crippen LogP contribution in [0.3, 0.4) is 0 Å². The largest absolute Gasteiger partial charge is 0.487 e. The van der Waals surface area contributed by atoms with Gasteiger partial charge < -0.3 is 4.74 Å². The number of carbonyl (C=O) groups is 2. The van der Waals surface area contributed by atoms with Gasteiger partial charge in [0.25, 0.3) is 11.1 Å². The van der Waals surface area contributed by atoms with Crippen molar-refractivity contribution in [3.63, 3.8) is 0 Å². The molecule has 1 aliphatic rings. The summed E-state index contributed by atoms with van der Waals surface area (Å²) in [6.07, 6.45) is 3.21. The molecule has 0 atom stereocenters. The molecule has 0 spiro atoms. The van der Waals surface area contributed by atoms with E-state index in [1.807, 2.05) is 30.3 Å². The summed E-state index contributed by atoms with van der Waals surface area (Å²) in [5, 5.41) is 8.96. The number of hydrogen-bond donors (Lipinski definition) is 0. The van der Waals surface area contributed by atoms with E-state index in [0.29, 0.717) is 21.8 Å². The molecule has 8 heteroatoms. The zero-order valence-electron chi connectivity index (χ0n) is 15.0. The SMILES string of the molecule is C=CCN1C(=O)SC(=Cc2cc(I)cc(I)c2OCc2ccccc2C#N)C1=O. The van der Waals surface area contributed by atoms with Crippen LogP contribution in [0.15, 0.2) is 54.0 Å². The summed E-state index contributed by atoms with van der Waals surface area (Å²) in [4.78, 5) is 26.1. The molecule has 5 nitrogen and oxygen atoms in total. The van der Waals surface area contributed by atoms with Gasteiger partial charge in [0.15, 0.2) is 0 Å². The first-order valence-electron chi connectivity index (χ1n) is 8.40. The molecule has 1 heterocycles. The molecule has 1 aliphatic heterocycles. The van der Waals surface area contributed by atoms with Crippen LogP contribution in [0.25, 0.3) is 6.08 Å². The molecule has 1 fully saturated rings.